The van der Waals surface area contributed by atoms with Crippen molar-refractivity contribution < 1.29 is 9.53 Å². The summed E-state index contributed by atoms with van der Waals surface area (Å²) >= 11 is 3.09. The number of rotatable bonds is 4. The van der Waals surface area contributed by atoms with Crippen LogP contribution in [-0.4, -0.2) is 35.0 Å². The molecule has 6 heteroatoms. The standard InChI is InChI=1S/C13H12N2O2S2/c16-12(4-3-11-2-1-6-18-11)15-8-10(9-15)17-13-14-5-7-19-13/h1-7,10H,8-9H2/b4-3+. The van der Waals surface area contributed by atoms with E-state index in [0.717, 1.165) is 4.88 Å². The molecule has 98 valence electrons. The van der Waals surface area contributed by atoms with Crippen LogP contribution >= 0.6 is 22.7 Å². The molecule has 19 heavy (non-hydrogen) atoms. The van der Waals surface area contributed by atoms with Crippen LogP contribution in [0.25, 0.3) is 6.08 Å². The van der Waals surface area contributed by atoms with Crippen molar-refractivity contribution in [2.45, 2.75) is 6.10 Å². The summed E-state index contributed by atoms with van der Waals surface area (Å²) in [7, 11) is 0. The second-order valence-corrected chi connectivity index (χ2v) is 5.97. The highest BCUT2D eigenvalue weighted by Crippen LogP contribution is 2.20. The molecule has 0 atom stereocenters. The van der Waals surface area contributed by atoms with Crippen LogP contribution in [0.2, 0.25) is 0 Å². The van der Waals surface area contributed by atoms with Gasteiger partial charge in [-0.1, -0.05) is 17.4 Å². The topological polar surface area (TPSA) is 42.4 Å². The highest BCUT2D eigenvalue weighted by Gasteiger charge is 2.31. The van der Waals surface area contributed by atoms with Crippen molar-refractivity contribution in [3.63, 3.8) is 0 Å². The predicted octanol–water partition coefficient (Wildman–Crippen LogP) is 2.51. The van der Waals surface area contributed by atoms with Gasteiger partial charge in [0.2, 0.25) is 5.91 Å². The van der Waals surface area contributed by atoms with E-state index < -0.39 is 0 Å². The van der Waals surface area contributed by atoms with E-state index in [1.165, 1.54) is 11.3 Å². The van der Waals surface area contributed by atoms with Crippen LogP contribution in [0.3, 0.4) is 0 Å². The summed E-state index contributed by atoms with van der Waals surface area (Å²) in [4.78, 5) is 18.8. The van der Waals surface area contributed by atoms with E-state index in [1.54, 1.807) is 28.5 Å². The third-order valence-corrected chi connectivity index (χ3v) is 4.27. The molecule has 2 aromatic heterocycles. The number of likely N-dealkylation sites (tertiary alicyclic amines) is 1. The predicted molar refractivity (Wildman–Crippen MR) is 76.5 cm³/mol. The molecule has 0 unspecified atom stereocenters. The maximum atomic E-state index is 11.8. The molecule has 1 aliphatic rings. The van der Waals surface area contributed by atoms with Gasteiger partial charge < -0.3 is 9.64 Å². The maximum absolute atomic E-state index is 11.8. The molecular weight excluding hydrogens is 280 g/mol. The van der Waals surface area contributed by atoms with Crippen molar-refractivity contribution in [3.05, 3.63) is 40.0 Å². The van der Waals surface area contributed by atoms with E-state index in [-0.39, 0.29) is 12.0 Å². The first-order valence-electron chi connectivity index (χ1n) is 5.88. The number of thiazole rings is 1. The summed E-state index contributed by atoms with van der Waals surface area (Å²) in [5.41, 5.74) is 0. The Balaban J connectivity index is 1.46. The molecule has 0 aromatic carbocycles. The monoisotopic (exact) mass is 292 g/mol. The van der Waals surface area contributed by atoms with Gasteiger partial charge in [-0.05, 0) is 17.5 Å². The van der Waals surface area contributed by atoms with E-state index in [2.05, 4.69) is 4.98 Å². The van der Waals surface area contributed by atoms with Gasteiger partial charge in [0.05, 0.1) is 13.1 Å². The summed E-state index contributed by atoms with van der Waals surface area (Å²) in [5, 5.41) is 4.54. The number of amides is 1. The number of aromatic nitrogens is 1. The van der Waals surface area contributed by atoms with Gasteiger partial charge in [0.15, 0.2) is 0 Å². The SMILES string of the molecule is O=C(/C=C/c1cccs1)N1CC(Oc2nccs2)C1. The summed E-state index contributed by atoms with van der Waals surface area (Å²) in [6.07, 6.45) is 5.25. The van der Waals surface area contributed by atoms with E-state index >= 15 is 0 Å². The highest BCUT2D eigenvalue weighted by molar-refractivity contribution is 7.11. The first-order chi connectivity index (χ1) is 9.31. The lowest BCUT2D eigenvalue weighted by molar-refractivity contribution is -0.134. The van der Waals surface area contributed by atoms with Crippen molar-refractivity contribution >= 4 is 34.7 Å². The number of thiophene rings is 1. The average molecular weight is 292 g/mol. The average Bonchev–Trinajstić information content (AvgIpc) is 3.03. The smallest absolute Gasteiger partial charge is 0.273 e. The van der Waals surface area contributed by atoms with E-state index in [0.29, 0.717) is 18.3 Å². The molecule has 1 amide bonds. The van der Waals surface area contributed by atoms with Gasteiger partial charge in [-0.25, -0.2) is 4.98 Å². The Morgan fingerprint density at radius 2 is 2.32 bits per heavy atom. The molecule has 1 fully saturated rings. The molecule has 2 aromatic rings. The lowest BCUT2D eigenvalue weighted by Gasteiger charge is -2.37. The molecule has 3 rings (SSSR count). The minimum atomic E-state index is 0.0346. The zero-order valence-corrected chi connectivity index (χ0v) is 11.7. The second-order valence-electron chi connectivity index (χ2n) is 4.13. The fourth-order valence-electron chi connectivity index (χ4n) is 1.75. The largest absolute Gasteiger partial charge is 0.463 e. The molecule has 0 aliphatic carbocycles. The van der Waals surface area contributed by atoms with Gasteiger partial charge in [-0.3, -0.25) is 4.79 Å². The van der Waals surface area contributed by atoms with Gasteiger partial charge in [0, 0.05) is 22.5 Å². The fraction of sp³-hybridized carbons (Fsp3) is 0.231. The highest BCUT2D eigenvalue weighted by atomic mass is 32.1. The minimum Gasteiger partial charge on any atom is -0.463 e. The van der Waals surface area contributed by atoms with Crippen LogP contribution in [0.5, 0.6) is 5.19 Å². The van der Waals surface area contributed by atoms with Crippen molar-refractivity contribution in [2.75, 3.05) is 13.1 Å². The van der Waals surface area contributed by atoms with Crippen molar-refractivity contribution in [3.8, 4) is 5.19 Å². The summed E-state index contributed by atoms with van der Waals surface area (Å²) in [6.45, 7) is 1.26. The molecule has 3 heterocycles. The Kier molecular flexibility index (Phi) is 3.61. The first kappa shape index (κ1) is 12.4. The normalized spacial score (nSPS) is 15.7. The van der Waals surface area contributed by atoms with Crippen LogP contribution in [0.15, 0.2) is 35.2 Å². The van der Waals surface area contributed by atoms with Crippen LogP contribution < -0.4 is 4.74 Å². The number of nitrogens with zero attached hydrogens (tertiary/aromatic N) is 2. The first-order valence-corrected chi connectivity index (χ1v) is 7.64. The lowest BCUT2D eigenvalue weighted by atomic mass is 10.1. The van der Waals surface area contributed by atoms with E-state index in [4.69, 9.17) is 4.74 Å². The number of hydrogen-bond acceptors (Lipinski definition) is 5. The molecule has 0 spiro atoms. The van der Waals surface area contributed by atoms with Crippen LogP contribution in [0, 0.1) is 0 Å². The summed E-state index contributed by atoms with van der Waals surface area (Å²) in [6, 6.07) is 3.95. The molecule has 1 saturated heterocycles. The Hall–Kier alpha value is -1.66. The zero-order chi connectivity index (χ0) is 13.1. The van der Waals surface area contributed by atoms with Crippen LogP contribution in [0.4, 0.5) is 0 Å². The van der Waals surface area contributed by atoms with E-state index in [1.807, 2.05) is 29.0 Å². The molecule has 1 aliphatic heterocycles. The quantitative estimate of drug-likeness (QED) is 0.813. The van der Waals surface area contributed by atoms with E-state index in [9.17, 15) is 4.79 Å². The number of ether oxygens (including phenoxy) is 1. The zero-order valence-electron chi connectivity index (χ0n) is 10.1. The van der Waals surface area contributed by atoms with Gasteiger partial charge in [0.1, 0.15) is 6.10 Å². The Morgan fingerprint density at radius 3 is 3.00 bits per heavy atom. The maximum Gasteiger partial charge on any atom is 0.273 e. The van der Waals surface area contributed by atoms with Crippen molar-refractivity contribution in [2.24, 2.45) is 0 Å². The van der Waals surface area contributed by atoms with Crippen LogP contribution in [-0.2, 0) is 4.79 Å². The van der Waals surface area contributed by atoms with Crippen molar-refractivity contribution in [1.29, 1.82) is 0 Å². The molecule has 4 nitrogen and oxygen atoms in total. The lowest BCUT2D eigenvalue weighted by Crippen LogP contribution is -2.55. The Labute approximate surface area is 119 Å². The summed E-state index contributed by atoms with van der Waals surface area (Å²) in [5.74, 6) is 0.0346. The van der Waals surface area contributed by atoms with Gasteiger partial charge >= 0.3 is 0 Å². The Morgan fingerprint density at radius 1 is 1.42 bits per heavy atom. The third-order valence-electron chi connectivity index (χ3n) is 2.77. The molecule has 0 saturated carbocycles. The number of carbonyl (C=O) groups excluding carboxylic acids is 1. The molecular formula is C13H12N2O2S2. The number of hydrogen-bond donors (Lipinski definition) is 0. The number of carbonyl (C=O) groups is 1. The summed E-state index contributed by atoms with van der Waals surface area (Å²) < 4.78 is 5.61. The van der Waals surface area contributed by atoms with Gasteiger partial charge in [0.25, 0.3) is 5.19 Å². The second kappa shape index (κ2) is 5.54. The van der Waals surface area contributed by atoms with Gasteiger partial charge in [-0.2, -0.15) is 0 Å². The fourth-order valence-corrected chi connectivity index (χ4v) is 2.92. The minimum absolute atomic E-state index is 0.0346. The molecule has 0 radical (unpaired) electrons. The van der Waals surface area contributed by atoms with Crippen LogP contribution in [0.1, 0.15) is 4.88 Å². The van der Waals surface area contributed by atoms with Crippen molar-refractivity contribution in [1.82, 2.24) is 9.88 Å². The molecule has 0 bridgehead atoms. The van der Waals surface area contributed by atoms with Gasteiger partial charge in [-0.15, -0.1) is 11.3 Å². The molecule has 0 N–H and O–H groups in total. The Bertz CT molecular complexity index is 557. The third kappa shape index (κ3) is 3.02.